The van der Waals surface area contributed by atoms with E-state index in [9.17, 15) is 0 Å². The molecule has 25 heavy (non-hydrogen) atoms. The number of benzene rings is 2. The summed E-state index contributed by atoms with van der Waals surface area (Å²) in [5.41, 5.74) is 4.26. The third-order valence-corrected chi connectivity index (χ3v) is 3.94. The molecule has 1 N–H and O–H groups in total. The summed E-state index contributed by atoms with van der Waals surface area (Å²) in [6.07, 6.45) is 1.87. The molecule has 3 rings (SSSR count). The summed E-state index contributed by atoms with van der Waals surface area (Å²) >= 11 is 0. The van der Waals surface area contributed by atoms with Gasteiger partial charge in [-0.3, -0.25) is 0 Å². The molecule has 0 amide bonds. The maximum absolute atomic E-state index is 5.56. The molecule has 0 saturated heterocycles. The van der Waals surface area contributed by atoms with E-state index in [-0.39, 0.29) is 0 Å². The fraction of sp³-hybridized carbons (Fsp3) is 0.190. The number of ether oxygens (including phenoxy) is 2. The molecule has 0 atom stereocenters. The molecule has 3 aromatic rings. The maximum atomic E-state index is 5.56. The average Bonchev–Trinajstić information content (AvgIpc) is 2.64. The van der Waals surface area contributed by atoms with Crippen LogP contribution in [0.3, 0.4) is 0 Å². The van der Waals surface area contributed by atoms with E-state index in [2.05, 4.69) is 22.4 Å². The first-order valence-electron chi connectivity index (χ1n) is 8.30. The standard InChI is InChI=1S/C21H22N2O2/c1-4-25-19-7-5-6-16(13-19)17-8-11-21(22-14-17)23-20-10-9-18(24-3)12-15(20)2/h5-14H,4H2,1-3H3,(H,22,23). The SMILES string of the molecule is CCOc1cccc(-c2ccc(Nc3ccc(OC)cc3C)nc2)c1. The highest BCUT2D eigenvalue weighted by Gasteiger charge is 2.04. The number of aromatic nitrogens is 1. The van der Waals surface area contributed by atoms with E-state index in [1.54, 1.807) is 7.11 Å². The molecule has 0 aliphatic carbocycles. The van der Waals surface area contributed by atoms with Crippen LogP contribution in [-0.2, 0) is 0 Å². The summed E-state index contributed by atoms with van der Waals surface area (Å²) in [4.78, 5) is 4.53. The number of hydrogen-bond acceptors (Lipinski definition) is 4. The molecule has 1 aromatic heterocycles. The maximum Gasteiger partial charge on any atom is 0.130 e. The quantitative estimate of drug-likeness (QED) is 0.672. The molecule has 0 unspecified atom stereocenters. The minimum absolute atomic E-state index is 0.659. The first-order valence-corrected chi connectivity index (χ1v) is 8.30. The predicted molar refractivity (Wildman–Crippen MR) is 102 cm³/mol. The Hall–Kier alpha value is -3.01. The van der Waals surface area contributed by atoms with E-state index in [0.717, 1.165) is 39.7 Å². The Morgan fingerprint density at radius 1 is 0.960 bits per heavy atom. The van der Waals surface area contributed by atoms with E-state index in [4.69, 9.17) is 9.47 Å². The number of nitrogens with zero attached hydrogens (tertiary/aromatic N) is 1. The number of pyridine rings is 1. The van der Waals surface area contributed by atoms with Crippen LogP contribution in [0.5, 0.6) is 11.5 Å². The van der Waals surface area contributed by atoms with Gasteiger partial charge in [-0.2, -0.15) is 0 Å². The summed E-state index contributed by atoms with van der Waals surface area (Å²) in [5, 5.41) is 3.34. The van der Waals surface area contributed by atoms with Crippen LogP contribution in [0.15, 0.2) is 60.8 Å². The Kier molecular flexibility index (Phi) is 5.19. The average molecular weight is 334 g/mol. The third-order valence-electron chi connectivity index (χ3n) is 3.94. The monoisotopic (exact) mass is 334 g/mol. The van der Waals surface area contributed by atoms with Crippen molar-refractivity contribution in [1.82, 2.24) is 4.98 Å². The minimum atomic E-state index is 0.659. The molecule has 0 aliphatic rings. The van der Waals surface area contributed by atoms with Crippen LogP contribution in [0, 0.1) is 6.92 Å². The Bertz CT molecular complexity index is 845. The topological polar surface area (TPSA) is 43.4 Å². The first-order chi connectivity index (χ1) is 12.2. The Morgan fingerprint density at radius 2 is 1.84 bits per heavy atom. The highest BCUT2D eigenvalue weighted by Crippen LogP contribution is 2.26. The molecule has 128 valence electrons. The predicted octanol–water partition coefficient (Wildman–Crippen LogP) is 5.21. The van der Waals surface area contributed by atoms with Crippen LogP contribution in [0.2, 0.25) is 0 Å². The molecule has 2 aromatic carbocycles. The summed E-state index contributed by atoms with van der Waals surface area (Å²) in [5.74, 6) is 2.52. The van der Waals surface area contributed by atoms with Gasteiger partial charge in [-0.05, 0) is 67.4 Å². The molecule has 4 heteroatoms. The Morgan fingerprint density at radius 3 is 2.52 bits per heavy atom. The van der Waals surface area contributed by atoms with Crippen LogP contribution in [0.4, 0.5) is 11.5 Å². The van der Waals surface area contributed by atoms with Crippen molar-refractivity contribution in [3.8, 4) is 22.6 Å². The number of rotatable bonds is 6. The van der Waals surface area contributed by atoms with Gasteiger partial charge in [0.2, 0.25) is 0 Å². The second-order valence-electron chi connectivity index (χ2n) is 5.70. The van der Waals surface area contributed by atoms with Gasteiger partial charge in [0, 0.05) is 17.4 Å². The molecule has 0 spiro atoms. The minimum Gasteiger partial charge on any atom is -0.497 e. The molecule has 1 heterocycles. The van der Waals surface area contributed by atoms with E-state index < -0.39 is 0 Å². The van der Waals surface area contributed by atoms with E-state index >= 15 is 0 Å². The lowest BCUT2D eigenvalue weighted by atomic mass is 10.1. The number of nitrogens with one attached hydrogen (secondary N) is 1. The molecule has 0 radical (unpaired) electrons. The molecular formula is C21H22N2O2. The van der Waals surface area contributed by atoms with E-state index in [1.165, 1.54) is 0 Å². The lowest BCUT2D eigenvalue weighted by molar-refractivity contribution is 0.340. The summed E-state index contributed by atoms with van der Waals surface area (Å²) < 4.78 is 10.8. The zero-order chi connectivity index (χ0) is 17.6. The molecule has 0 bridgehead atoms. The van der Waals surface area contributed by atoms with Gasteiger partial charge in [0.1, 0.15) is 17.3 Å². The molecule has 4 nitrogen and oxygen atoms in total. The molecule has 0 saturated carbocycles. The van der Waals surface area contributed by atoms with Gasteiger partial charge in [-0.1, -0.05) is 12.1 Å². The first kappa shape index (κ1) is 16.8. The summed E-state index contributed by atoms with van der Waals surface area (Å²) in [7, 11) is 1.67. The Labute approximate surface area is 148 Å². The van der Waals surface area contributed by atoms with E-state index in [1.807, 2.05) is 62.5 Å². The number of aryl methyl sites for hydroxylation is 1. The largest absolute Gasteiger partial charge is 0.497 e. The van der Waals surface area contributed by atoms with Crippen LogP contribution < -0.4 is 14.8 Å². The van der Waals surface area contributed by atoms with E-state index in [0.29, 0.717) is 6.61 Å². The van der Waals surface area contributed by atoms with Crippen molar-refractivity contribution in [2.45, 2.75) is 13.8 Å². The second kappa shape index (κ2) is 7.71. The van der Waals surface area contributed by atoms with Crippen molar-refractivity contribution < 1.29 is 9.47 Å². The smallest absolute Gasteiger partial charge is 0.130 e. The zero-order valence-electron chi connectivity index (χ0n) is 14.7. The normalized spacial score (nSPS) is 10.4. The van der Waals surface area contributed by atoms with Gasteiger partial charge in [0.05, 0.1) is 13.7 Å². The fourth-order valence-electron chi connectivity index (χ4n) is 2.61. The van der Waals surface area contributed by atoms with Gasteiger partial charge in [-0.15, -0.1) is 0 Å². The lowest BCUT2D eigenvalue weighted by Crippen LogP contribution is -1.96. The van der Waals surface area contributed by atoms with Crippen LogP contribution in [0.1, 0.15) is 12.5 Å². The Balaban J connectivity index is 1.77. The lowest BCUT2D eigenvalue weighted by Gasteiger charge is -2.11. The highest BCUT2D eigenvalue weighted by atomic mass is 16.5. The van der Waals surface area contributed by atoms with Crippen LogP contribution in [0.25, 0.3) is 11.1 Å². The van der Waals surface area contributed by atoms with Crippen molar-refractivity contribution >= 4 is 11.5 Å². The zero-order valence-corrected chi connectivity index (χ0v) is 14.7. The van der Waals surface area contributed by atoms with Gasteiger partial charge in [0.25, 0.3) is 0 Å². The van der Waals surface area contributed by atoms with Crippen molar-refractivity contribution in [2.75, 3.05) is 19.0 Å². The van der Waals surface area contributed by atoms with Crippen LogP contribution in [-0.4, -0.2) is 18.7 Å². The fourth-order valence-corrected chi connectivity index (χ4v) is 2.61. The van der Waals surface area contributed by atoms with Crippen molar-refractivity contribution in [2.24, 2.45) is 0 Å². The highest BCUT2D eigenvalue weighted by molar-refractivity contribution is 5.67. The van der Waals surface area contributed by atoms with Gasteiger partial charge in [-0.25, -0.2) is 4.98 Å². The molecule has 0 fully saturated rings. The van der Waals surface area contributed by atoms with Gasteiger partial charge < -0.3 is 14.8 Å². The van der Waals surface area contributed by atoms with Crippen molar-refractivity contribution in [3.05, 3.63) is 66.4 Å². The number of hydrogen-bond donors (Lipinski definition) is 1. The summed E-state index contributed by atoms with van der Waals surface area (Å²) in [6, 6.07) is 18.0. The third kappa shape index (κ3) is 4.10. The molecular weight excluding hydrogens is 312 g/mol. The number of methoxy groups -OCH3 is 1. The van der Waals surface area contributed by atoms with Crippen LogP contribution >= 0.6 is 0 Å². The van der Waals surface area contributed by atoms with Crippen molar-refractivity contribution in [1.29, 1.82) is 0 Å². The second-order valence-corrected chi connectivity index (χ2v) is 5.70. The van der Waals surface area contributed by atoms with Gasteiger partial charge >= 0.3 is 0 Å². The summed E-state index contributed by atoms with van der Waals surface area (Å²) in [6.45, 7) is 4.68. The number of anilines is 2. The van der Waals surface area contributed by atoms with Crippen molar-refractivity contribution in [3.63, 3.8) is 0 Å². The van der Waals surface area contributed by atoms with Gasteiger partial charge in [0.15, 0.2) is 0 Å². The molecule has 0 aliphatic heterocycles.